The van der Waals surface area contributed by atoms with E-state index in [1.54, 1.807) is 36.4 Å². The first-order valence-corrected chi connectivity index (χ1v) is 12.1. The molecule has 1 amide bonds. The molecule has 0 fully saturated rings. The van der Waals surface area contributed by atoms with E-state index in [4.69, 9.17) is 5.11 Å². The van der Waals surface area contributed by atoms with E-state index in [-0.39, 0.29) is 35.6 Å². The van der Waals surface area contributed by atoms with Crippen LogP contribution in [0.5, 0.6) is 0 Å². The third-order valence-electron chi connectivity index (χ3n) is 5.32. The number of aryl methyl sites for hydroxylation is 1. The SMILES string of the molecule is CC.Cn1c(=O)n(Cc2ccc(CC(=O)O)cc2)c(=O)c2cc(C(=O)NCc3ccc(F)cc3)sc21. The molecule has 2 N–H and O–H groups in total. The zero-order chi connectivity index (χ0) is 26.4. The summed E-state index contributed by atoms with van der Waals surface area (Å²) < 4.78 is 15.5. The van der Waals surface area contributed by atoms with Crippen LogP contribution in [-0.4, -0.2) is 26.1 Å². The molecule has 0 atom stereocenters. The lowest BCUT2D eigenvalue weighted by Crippen LogP contribution is -2.38. The van der Waals surface area contributed by atoms with Crippen molar-refractivity contribution < 1.29 is 19.1 Å². The lowest BCUT2D eigenvalue weighted by atomic mass is 10.1. The average molecular weight is 512 g/mol. The molecule has 10 heteroatoms. The highest BCUT2D eigenvalue weighted by atomic mass is 32.1. The molecule has 0 radical (unpaired) electrons. The topological polar surface area (TPSA) is 110 Å². The van der Waals surface area contributed by atoms with Gasteiger partial charge in [-0.25, -0.2) is 9.18 Å². The number of hydrogen-bond acceptors (Lipinski definition) is 5. The number of nitrogens with one attached hydrogen (secondary N) is 1. The third-order valence-corrected chi connectivity index (χ3v) is 6.53. The quantitative estimate of drug-likeness (QED) is 0.394. The first-order chi connectivity index (χ1) is 17.2. The Kier molecular flexibility index (Phi) is 8.55. The van der Waals surface area contributed by atoms with Crippen molar-refractivity contribution in [1.29, 1.82) is 0 Å². The summed E-state index contributed by atoms with van der Waals surface area (Å²) in [5.41, 5.74) is 0.968. The molecule has 2 heterocycles. The van der Waals surface area contributed by atoms with Gasteiger partial charge < -0.3 is 10.4 Å². The van der Waals surface area contributed by atoms with Gasteiger partial charge in [0.2, 0.25) is 0 Å². The lowest BCUT2D eigenvalue weighted by Gasteiger charge is -2.09. The predicted octanol–water partition coefficient (Wildman–Crippen LogP) is 3.53. The second-order valence-corrected chi connectivity index (χ2v) is 8.79. The first-order valence-electron chi connectivity index (χ1n) is 11.3. The Bertz CT molecular complexity index is 1500. The van der Waals surface area contributed by atoms with E-state index < -0.39 is 23.1 Å². The zero-order valence-electron chi connectivity index (χ0n) is 20.1. The van der Waals surface area contributed by atoms with Crippen molar-refractivity contribution in [3.8, 4) is 0 Å². The van der Waals surface area contributed by atoms with Crippen LogP contribution in [0.15, 0.2) is 64.2 Å². The van der Waals surface area contributed by atoms with Crippen molar-refractivity contribution in [3.05, 3.63) is 103 Å². The smallest absolute Gasteiger partial charge is 0.332 e. The number of fused-ring (bicyclic) bond motifs is 1. The average Bonchev–Trinajstić information content (AvgIpc) is 3.33. The van der Waals surface area contributed by atoms with Crippen molar-refractivity contribution in [1.82, 2.24) is 14.5 Å². The number of amides is 1. The minimum absolute atomic E-state index is 0.0107. The number of benzene rings is 2. The Labute approximate surface area is 210 Å². The van der Waals surface area contributed by atoms with E-state index in [1.165, 1.54) is 29.8 Å². The second-order valence-electron chi connectivity index (χ2n) is 7.76. The largest absolute Gasteiger partial charge is 0.481 e. The van der Waals surface area contributed by atoms with Crippen LogP contribution >= 0.6 is 11.3 Å². The summed E-state index contributed by atoms with van der Waals surface area (Å²) in [6.45, 7) is 4.20. The number of carbonyl (C=O) groups excluding carboxylic acids is 1. The van der Waals surface area contributed by atoms with Crippen LogP contribution in [-0.2, 0) is 31.4 Å². The highest BCUT2D eigenvalue weighted by Crippen LogP contribution is 2.22. The van der Waals surface area contributed by atoms with E-state index in [1.807, 2.05) is 13.8 Å². The fourth-order valence-electron chi connectivity index (χ4n) is 3.53. The molecule has 0 spiro atoms. The predicted molar refractivity (Wildman–Crippen MR) is 137 cm³/mol. The van der Waals surface area contributed by atoms with Crippen molar-refractivity contribution in [3.63, 3.8) is 0 Å². The minimum atomic E-state index is -0.946. The molecule has 2 aromatic heterocycles. The van der Waals surface area contributed by atoms with Gasteiger partial charge >= 0.3 is 11.7 Å². The molecule has 0 unspecified atom stereocenters. The Morgan fingerprint density at radius 1 is 0.972 bits per heavy atom. The maximum absolute atomic E-state index is 13.1. The molecule has 0 aliphatic rings. The van der Waals surface area contributed by atoms with Crippen LogP contribution in [0, 0.1) is 5.82 Å². The van der Waals surface area contributed by atoms with Crippen LogP contribution in [0.3, 0.4) is 0 Å². The molecule has 0 saturated heterocycles. The molecule has 36 heavy (non-hydrogen) atoms. The van der Waals surface area contributed by atoms with Gasteiger partial charge in [0.1, 0.15) is 10.6 Å². The number of halogens is 1. The molecule has 2 aromatic carbocycles. The third kappa shape index (κ3) is 5.95. The van der Waals surface area contributed by atoms with Crippen molar-refractivity contribution in [2.24, 2.45) is 7.05 Å². The number of aromatic nitrogens is 2. The van der Waals surface area contributed by atoms with Crippen molar-refractivity contribution in [2.45, 2.75) is 33.4 Å². The number of hydrogen-bond donors (Lipinski definition) is 2. The number of aliphatic carboxylic acids is 1. The van der Waals surface area contributed by atoms with E-state index in [0.717, 1.165) is 21.5 Å². The van der Waals surface area contributed by atoms with Crippen LogP contribution < -0.4 is 16.6 Å². The summed E-state index contributed by atoms with van der Waals surface area (Å²) in [6, 6.07) is 13.9. The summed E-state index contributed by atoms with van der Waals surface area (Å²) in [4.78, 5) is 50.1. The Morgan fingerprint density at radius 2 is 1.56 bits per heavy atom. The van der Waals surface area contributed by atoms with Crippen LogP contribution in [0.1, 0.15) is 40.2 Å². The maximum Gasteiger partial charge on any atom is 0.332 e. The Morgan fingerprint density at radius 3 is 2.17 bits per heavy atom. The lowest BCUT2D eigenvalue weighted by molar-refractivity contribution is -0.136. The van der Waals surface area contributed by atoms with Gasteiger partial charge in [-0.2, -0.15) is 0 Å². The molecule has 0 aliphatic heterocycles. The molecule has 4 aromatic rings. The van der Waals surface area contributed by atoms with E-state index >= 15 is 0 Å². The monoisotopic (exact) mass is 511 g/mol. The fraction of sp³-hybridized carbons (Fsp3) is 0.231. The number of nitrogens with zero attached hydrogens (tertiary/aromatic N) is 2. The highest BCUT2D eigenvalue weighted by Gasteiger charge is 2.18. The fourth-order valence-corrected chi connectivity index (χ4v) is 4.55. The van der Waals surface area contributed by atoms with Gasteiger partial charge in [0.05, 0.1) is 23.2 Å². The van der Waals surface area contributed by atoms with Crippen molar-refractivity contribution in [2.75, 3.05) is 0 Å². The van der Waals surface area contributed by atoms with Gasteiger partial charge in [-0.15, -0.1) is 11.3 Å². The van der Waals surface area contributed by atoms with Gasteiger partial charge in [0.15, 0.2) is 0 Å². The molecular formula is C26H26FN3O5S. The molecule has 0 saturated carbocycles. The number of carboxylic acids is 1. The van der Waals surface area contributed by atoms with Crippen molar-refractivity contribution >= 4 is 33.4 Å². The highest BCUT2D eigenvalue weighted by molar-refractivity contribution is 7.20. The molecule has 0 bridgehead atoms. The maximum atomic E-state index is 13.1. The molecule has 8 nitrogen and oxygen atoms in total. The summed E-state index contributed by atoms with van der Waals surface area (Å²) in [6.07, 6.45) is -0.116. The van der Waals surface area contributed by atoms with E-state index in [2.05, 4.69) is 5.32 Å². The van der Waals surface area contributed by atoms with Crippen LogP contribution in [0.2, 0.25) is 0 Å². The van der Waals surface area contributed by atoms with Crippen LogP contribution in [0.25, 0.3) is 10.2 Å². The number of carbonyl (C=O) groups is 2. The standard InChI is InChI=1S/C24H20FN3O5S.C2H6/c1-27-23-18(11-19(34-23)21(31)26-12-15-6-8-17(25)9-7-15)22(32)28(24(27)33)13-16-4-2-14(3-5-16)10-20(29)30;1-2/h2-9,11H,10,12-13H2,1H3,(H,26,31)(H,29,30);1-2H3. The van der Waals surface area contributed by atoms with Gasteiger partial charge in [-0.1, -0.05) is 50.2 Å². The first kappa shape index (κ1) is 26.6. The van der Waals surface area contributed by atoms with E-state index in [9.17, 15) is 23.6 Å². The summed E-state index contributed by atoms with van der Waals surface area (Å²) in [5.74, 6) is -1.72. The Hall–Kier alpha value is -4.05. The number of rotatable bonds is 7. The molecular weight excluding hydrogens is 485 g/mol. The molecule has 0 aliphatic carbocycles. The van der Waals surface area contributed by atoms with Crippen LogP contribution in [0.4, 0.5) is 4.39 Å². The van der Waals surface area contributed by atoms with E-state index in [0.29, 0.717) is 16.0 Å². The molecule has 4 rings (SSSR count). The normalized spacial score (nSPS) is 10.6. The van der Waals surface area contributed by atoms with Gasteiger partial charge in [-0.05, 0) is 34.9 Å². The van der Waals surface area contributed by atoms with Gasteiger partial charge in [0.25, 0.3) is 11.5 Å². The summed E-state index contributed by atoms with van der Waals surface area (Å²) in [7, 11) is 1.53. The number of carboxylic acid groups (broad SMARTS) is 1. The van der Waals surface area contributed by atoms with Gasteiger partial charge in [-0.3, -0.25) is 23.5 Å². The summed E-state index contributed by atoms with van der Waals surface area (Å²) >= 11 is 1.04. The second kappa shape index (κ2) is 11.6. The minimum Gasteiger partial charge on any atom is -0.481 e. The summed E-state index contributed by atoms with van der Waals surface area (Å²) in [5, 5.41) is 11.9. The van der Waals surface area contributed by atoms with Gasteiger partial charge in [0, 0.05) is 13.6 Å². The molecule has 188 valence electrons. The number of thiophene rings is 1. The Balaban J connectivity index is 0.00000176. The zero-order valence-corrected chi connectivity index (χ0v) is 20.9.